The lowest BCUT2D eigenvalue weighted by molar-refractivity contribution is -0.919. The summed E-state index contributed by atoms with van der Waals surface area (Å²) in [5, 5.41) is 4.55. The Bertz CT molecular complexity index is 640. The summed E-state index contributed by atoms with van der Waals surface area (Å²) in [5.74, 6) is 0.248. The molecule has 0 aliphatic carbocycles. The highest BCUT2D eigenvalue weighted by Gasteiger charge is 2.44. The third kappa shape index (κ3) is 3.97. The number of hydrogen-bond acceptors (Lipinski definition) is 5. The predicted octanol–water partition coefficient (Wildman–Crippen LogP) is 1.93. The van der Waals surface area contributed by atoms with Crippen LogP contribution in [0, 0.1) is 5.92 Å². The van der Waals surface area contributed by atoms with Gasteiger partial charge in [0.2, 0.25) is 0 Å². The van der Waals surface area contributed by atoms with Crippen molar-refractivity contribution < 1.29 is 18.8 Å². The minimum Gasteiger partial charge on any atom is -0.379 e. The molecule has 0 N–H and O–H groups in total. The van der Waals surface area contributed by atoms with Crippen molar-refractivity contribution in [1.29, 1.82) is 0 Å². The monoisotopic (exact) mass is 424 g/mol. The minimum absolute atomic E-state index is 0.00431. The summed E-state index contributed by atoms with van der Waals surface area (Å²) in [4.78, 5) is 8.38. The molecule has 2 saturated heterocycles. The average molecular weight is 425 g/mol. The molecule has 0 aromatic heterocycles. The van der Waals surface area contributed by atoms with Crippen molar-refractivity contribution in [2.45, 2.75) is 6.23 Å². The van der Waals surface area contributed by atoms with Crippen LogP contribution in [-0.4, -0.2) is 87.5 Å². The third-order valence-electron chi connectivity index (χ3n) is 5.69. The Labute approximate surface area is 163 Å². The van der Waals surface area contributed by atoms with Gasteiger partial charge in [0.05, 0.1) is 40.0 Å². The van der Waals surface area contributed by atoms with Gasteiger partial charge in [-0.05, 0) is 12.1 Å². The van der Waals surface area contributed by atoms with E-state index in [4.69, 9.17) is 14.3 Å². The predicted molar refractivity (Wildman–Crippen MR) is 103 cm³/mol. The van der Waals surface area contributed by atoms with Gasteiger partial charge in [0.25, 0.3) is 0 Å². The Balaban J connectivity index is 1.58. The SMILES string of the molecule is C[N+]1(C[C@H]2C(c3ccc(Br)cc3)=NO[C@@H]2N2CCOCC2)CCOCC1. The summed E-state index contributed by atoms with van der Waals surface area (Å²) >= 11 is 3.52. The zero-order valence-corrected chi connectivity index (χ0v) is 16.9. The summed E-state index contributed by atoms with van der Waals surface area (Å²) in [6.45, 7) is 8.09. The van der Waals surface area contributed by atoms with Crippen molar-refractivity contribution in [2.24, 2.45) is 11.1 Å². The van der Waals surface area contributed by atoms with E-state index in [1.807, 2.05) is 0 Å². The molecule has 0 unspecified atom stereocenters. The Morgan fingerprint density at radius 3 is 2.42 bits per heavy atom. The molecule has 1 aromatic carbocycles. The summed E-state index contributed by atoms with van der Waals surface area (Å²) in [7, 11) is 2.33. The van der Waals surface area contributed by atoms with Gasteiger partial charge in [-0.2, -0.15) is 0 Å². The van der Waals surface area contributed by atoms with E-state index >= 15 is 0 Å². The molecule has 4 rings (SSSR count). The Hall–Kier alpha value is -0.990. The van der Waals surface area contributed by atoms with E-state index in [2.05, 4.69) is 57.3 Å². The highest BCUT2D eigenvalue weighted by atomic mass is 79.9. The van der Waals surface area contributed by atoms with E-state index in [9.17, 15) is 0 Å². The van der Waals surface area contributed by atoms with Crippen LogP contribution in [0.1, 0.15) is 5.56 Å². The second-order valence-electron chi connectivity index (χ2n) is 7.60. The van der Waals surface area contributed by atoms with Crippen LogP contribution in [0.25, 0.3) is 0 Å². The number of morpholine rings is 2. The molecule has 7 heteroatoms. The van der Waals surface area contributed by atoms with Crippen LogP contribution in [-0.2, 0) is 14.3 Å². The van der Waals surface area contributed by atoms with Crippen LogP contribution in [0.2, 0.25) is 0 Å². The largest absolute Gasteiger partial charge is 0.379 e. The van der Waals surface area contributed by atoms with Crippen LogP contribution < -0.4 is 0 Å². The molecular weight excluding hydrogens is 398 g/mol. The zero-order valence-electron chi connectivity index (χ0n) is 15.3. The van der Waals surface area contributed by atoms with Gasteiger partial charge >= 0.3 is 0 Å². The third-order valence-corrected chi connectivity index (χ3v) is 6.22. The van der Waals surface area contributed by atoms with E-state index in [-0.39, 0.29) is 12.1 Å². The molecule has 0 saturated carbocycles. The van der Waals surface area contributed by atoms with Crippen molar-refractivity contribution >= 4 is 21.6 Å². The van der Waals surface area contributed by atoms with Crippen LogP contribution in [0.15, 0.2) is 33.9 Å². The van der Waals surface area contributed by atoms with E-state index in [1.54, 1.807) is 0 Å². The lowest BCUT2D eigenvalue weighted by Crippen LogP contribution is -2.58. The highest BCUT2D eigenvalue weighted by Crippen LogP contribution is 2.30. The summed E-state index contributed by atoms with van der Waals surface area (Å²) < 4.78 is 13.2. The molecule has 3 heterocycles. The molecule has 0 radical (unpaired) electrons. The Morgan fingerprint density at radius 2 is 1.73 bits per heavy atom. The molecule has 26 heavy (non-hydrogen) atoms. The van der Waals surface area contributed by atoms with Gasteiger partial charge in [0, 0.05) is 23.1 Å². The molecule has 2 fully saturated rings. The molecule has 0 bridgehead atoms. The molecular formula is C19H27BrN3O3+. The van der Waals surface area contributed by atoms with Gasteiger partial charge < -0.3 is 18.8 Å². The molecule has 0 amide bonds. The lowest BCUT2D eigenvalue weighted by Gasteiger charge is -2.41. The number of ether oxygens (including phenoxy) is 2. The molecule has 2 atom stereocenters. The normalized spacial score (nSPS) is 29.2. The topological polar surface area (TPSA) is 43.3 Å². The zero-order chi connectivity index (χ0) is 18.0. The van der Waals surface area contributed by atoms with Gasteiger partial charge in [0.15, 0.2) is 6.23 Å². The smallest absolute Gasteiger partial charge is 0.195 e. The van der Waals surface area contributed by atoms with Crippen molar-refractivity contribution in [3.8, 4) is 0 Å². The summed E-state index contributed by atoms with van der Waals surface area (Å²) in [6.07, 6.45) is -0.00431. The van der Waals surface area contributed by atoms with Crippen molar-refractivity contribution in [1.82, 2.24) is 4.90 Å². The first-order chi connectivity index (χ1) is 12.6. The van der Waals surface area contributed by atoms with Gasteiger partial charge in [0.1, 0.15) is 24.7 Å². The molecule has 3 aliphatic heterocycles. The number of halogens is 1. The Morgan fingerprint density at radius 1 is 1.08 bits per heavy atom. The maximum absolute atomic E-state index is 5.99. The fraction of sp³-hybridized carbons (Fsp3) is 0.632. The maximum atomic E-state index is 5.99. The van der Waals surface area contributed by atoms with Crippen LogP contribution in [0.3, 0.4) is 0 Å². The summed E-state index contributed by atoms with van der Waals surface area (Å²) in [6, 6.07) is 8.39. The first kappa shape index (κ1) is 18.4. The first-order valence-electron chi connectivity index (χ1n) is 9.37. The number of oxime groups is 1. The van der Waals surface area contributed by atoms with E-state index in [0.717, 1.165) is 79.4 Å². The number of quaternary nitrogens is 1. The first-order valence-corrected chi connectivity index (χ1v) is 10.2. The van der Waals surface area contributed by atoms with Gasteiger partial charge in [-0.15, -0.1) is 0 Å². The Kier molecular flexibility index (Phi) is 5.61. The average Bonchev–Trinajstić information content (AvgIpc) is 3.06. The number of rotatable bonds is 4. The number of nitrogens with zero attached hydrogens (tertiary/aromatic N) is 3. The molecule has 142 valence electrons. The van der Waals surface area contributed by atoms with E-state index < -0.39 is 0 Å². The van der Waals surface area contributed by atoms with E-state index in [0.29, 0.717) is 0 Å². The molecule has 3 aliphatic rings. The van der Waals surface area contributed by atoms with Gasteiger partial charge in [-0.3, -0.25) is 4.90 Å². The minimum atomic E-state index is -0.00431. The standard InChI is InChI=1S/C19H27BrN3O3/c1-23(8-12-25-13-9-23)14-17-18(15-2-4-16(20)5-3-15)21-26-19(17)22-6-10-24-11-7-22/h2-5,17,19H,6-14H2,1H3/q+1/t17-,19-/m0/s1. The second kappa shape index (κ2) is 7.94. The second-order valence-corrected chi connectivity index (χ2v) is 8.51. The van der Waals surface area contributed by atoms with Crippen LogP contribution in [0.5, 0.6) is 0 Å². The fourth-order valence-corrected chi connectivity index (χ4v) is 4.31. The van der Waals surface area contributed by atoms with Crippen LogP contribution in [0.4, 0.5) is 0 Å². The highest BCUT2D eigenvalue weighted by molar-refractivity contribution is 9.10. The van der Waals surface area contributed by atoms with Crippen LogP contribution >= 0.6 is 15.9 Å². The van der Waals surface area contributed by atoms with Crippen molar-refractivity contribution in [3.05, 3.63) is 34.3 Å². The molecule has 1 aromatic rings. The molecule has 6 nitrogen and oxygen atoms in total. The lowest BCUT2D eigenvalue weighted by atomic mass is 9.93. The fourth-order valence-electron chi connectivity index (χ4n) is 4.05. The maximum Gasteiger partial charge on any atom is 0.195 e. The van der Waals surface area contributed by atoms with Gasteiger partial charge in [-0.25, -0.2) is 0 Å². The number of likely N-dealkylation sites (N-methyl/N-ethyl adjacent to an activating group) is 1. The number of benzene rings is 1. The number of hydrogen-bond donors (Lipinski definition) is 0. The van der Waals surface area contributed by atoms with E-state index in [1.165, 1.54) is 0 Å². The van der Waals surface area contributed by atoms with Crippen molar-refractivity contribution in [3.63, 3.8) is 0 Å². The van der Waals surface area contributed by atoms with Crippen molar-refractivity contribution in [2.75, 3.05) is 66.2 Å². The summed E-state index contributed by atoms with van der Waals surface area (Å²) in [5.41, 5.74) is 2.22. The van der Waals surface area contributed by atoms with Gasteiger partial charge in [-0.1, -0.05) is 33.2 Å². The molecule has 0 spiro atoms. The quantitative estimate of drug-likeness (QED) is 0.692.